The van der Waals surface area contributed by atoms with E-state index in [4.69, 9.17) is 5.10 Å². The van der Waals surface area contributed by atoms with Gasteiger partial charge in [-0.25, -0.2) is 4.68 Å². The van der Waals surface area contributed by atoms with E-state index in [0.29, 0.717) is 5.56 Å². The van der Waals surface area contributed by atoms with Crippen molar-refractivity contribution in [3.05, 3.63) is 75.4 Å². The first-order valence-electron chi connectivity index (χ1n) is 7.95. The molecule has 1 aromatic heterocycles. The van der Waals surface area contributed by atoms with Crippen molar-refractivity contribution in [2.45, 2.75) is 18.4 Å². The van der Waals surface area contributed by atoms with Gasteiger partial charge in [-0.3, -0.25) is 4.79 Å². The van der Waals surface area contributed by atoms with Crippen LogP contribution in [-0.2, 0) is 11.5 Å². The maximum atomic E-state index is 12.8. The van der Waals surface area contributed by atoms with Crippen molar-refractivity contribution < 1.29 is 4.79 Å². The SMILES string of the molecule is Cc1cccc(-n2nc3c(c2NC(=O)c2ccccc2Br)CSC3)c1. The van der Waals surface area contributed by atoms with E-state index in [1.807, 2.05) is 52.8 Å². The summed E-state index contributed by atoms with van der Waals surface area (Å²) in [7, 11) is 0. The predicted octanol–water partition coefficient (Wildman–Crippen LogP) is 4.94. The minimum atomic E-state index is -0.138. The third-order valence-electron chi connectivity index (χ3n) is 4.15. The van der Waals surface area contributed by atoms with Gasteiger partial charge in [0.15, 0.2) is 0 Å². The van der Waals surface area contributed by atoms with Gasteiger partial charge in [0.1, 0.15) is 5.82 Å². The van der Waals surface area contributed by atoms with Crippen LogP contribution < -0.4 is 5.32 Å². The Bertz CT molecular complexity index is 967. The summed E-state index contributed by atoms with van der Waals surface area (Å²) in [4.78, 5) is 12.8. The van der Waals surface area contributed by atoms with Crippen molar-refractivity contribution >= 4 is 39.4 Å². The molecule has 0 radical (unpaired) electrons. The molecule has 0 fully saturated rings. The van der Waals surface area contributed by atoms with Gasteiger partial charge in [-0.2, -0.15) is 16.9 Å². The summed E-state index contributed by atoms with van der Waals surface area (Å²) < 4.78 is 2.63. The highest BCUT2D eigenvalue weighted by atomic mass is 79.9. The van der Waals surface area contributed by atoms with Gasteiger partial charge in [-0.15, -0.1) is 0 Å². The monoisotopic (exact) mass is 413 g/mol. The minimum Gasteiger partial charge on any atom is -0.306 e. The number of halogens is 1. The molecule has 126 valence electrons. The summed E-state index contributed by atoms with van der Waals surface area (Å²) in [5.41, 5.74) is 4.90. The van der Waals surface area contributed by atoms with E-state index in [-0.39, 0.29) is 5.91 Å². The quantitative estimate of drug-likeness (QED) is 0.660. The van der Waals surface area contributed by atoms with Gasteiger partial charge >= 0.3 is 0 Å². The zero-order valence-corrected chi connectivity index (χ0v) is 16.0. The number of nitrogens with zero attached hydrogens (tertiary/aromatic N) is 2. The number of aromatic nitrogens is 2. The lowest BCUT2D eigenvalue weighted by Gasteiger charge is -2.12. The fourth-order valence-electron chi connectivity index (χ4n) is 2.91. The lowest BCUT2D eigenvalue weighted by atomic mass is 10.2. The Hall–Kier alpha value is -2.05. The summed E-state index contributed by atoms with van der Waals surface area (Å²) in [6.45, 7) is 2.05. The number of anilines is 1. The molecule has 1 amide bonds. The van der Waals surface area contributed by atoms with Crippen molar-refractivity contribution in [3.8, 4) is 5.69 Å². The summed E-state index contributed by atoms with van der Waals surface area (Å²) in [5, 5.41) is 7.82. The summed E-state index contributed by atoms with van der Waals surface area (Å²) in [5.74, 6) is 2.38. The molecule has 0 saturated heterocycles. The Morgan fingerprint density at radius 3 is 2.84 bits per heavy atom. The lowest BCUT2D eigenvalue weighted by molar-refractivity contribution is 0.102. The molecule has 3 aromatic rings. The maximum absolute atomic E-state index is 12.8. The molecule has 1 aliphatic heterocycles. The number of carbonyl (C=O) groups is 1. The van der Waals surface area contributed by atoms with Crippen LogP contribution in [0.1, 0.15) is 27.2 Å². The van der Waals surface area contributed by atoms with Gasteiger partial charge in [0, 0.05) is 21.5 Å². The average molecular weight is 414 g/mol. The summed E-state index contributed by atoms with van der Waals surface area (Å²) in [6, 6.07) is 15.6. The van der Waals surface area contributed by atoms with E-state index in [0.717, 1.165) is 44.3 Å². The molecule has 25 heavy (non-hydrogen) atoms. The second-order valence-corrected chi connectivity index (χ2v) is 7.79. The first-order valence-corrected chi connectivity index (χ1v) is 9.89. The smallest absolute Gasteiger partial charge is 0.257 e. The number of aryl methyl sites for hydroxylation is 1. The van der Waals surface area contributed by atoms with Gasteiger partial charge in [0.05, 0.1) is 16.9 Å². The highest BCUT2D eigenvalue weighted by Crippen LogP contribution is 2.36. The van der Waals surface area contributed by atoms with E-state index in [9.17, 15) is 4.79 Å². The van der Waals surface area contributed by atoms with E-state index >= 15 is 0 Å². The molecule has 0 unspecified atom stereocenters. The van der Waals surface area contributed by atoms with Crippen LogP contribution in [0.25, 0.3) is 5.69 Å². The molecule has 0 spiro atoms. The molecule has 2 aromatic carbocycles. The van der Waals surface area contributed by atoms with Gasteiger partial charge in [-0.1, -0.05) is 24.3 Å². The molecule has 1 aliphatic rings. The molecule has 1 N–H and O–H groups in total. The molecule has 6 heteroatoms. The Kier molecular flexibility index (Phi) is 4.39. The van der Waals surface area contributed by atoms with Gasteiger partial charge < -0.3 is 5.32 Å². The third kappa shape index (κ3) is 3.12. The second kappa shape index (κ2) is 6.69. The number of rotatable bonds is 3. The van der Waals surface area contributed by atoms with E-state index in [1.165, 1.54) is 0 Å². The number of carbonyl (C=O) groups excluding carboxylic acids is 1. The van der Waals surface area contributed by atoms with Crippen molar-refractivity contribution in [2.75, 3.05) is 5.32 Å². The fraction of sp³-hybridized carbons (Fsp3) is 0.158. The molecule has 0 aliphatic carbocycles. The number of hydrogen-bond donors (Lipinski definition) is 1. The summed E-state index contributed by atoms with van der Waals surface area (Å²) in [6.07, 6.45) is 0. The van der Waals surface area contributed by atoms with Crippen LogP contribution in [0.4, 0.5) is 5.82 Å². The Morgan fingerprint density at radius 1 is 1.20 bits per heavy atom. The van der Waals surface area contributed by atoms with Crippen LogP contribution in [0.2, 0.25) is 0 Å². The molecular weight excluding hydrogens is 398 g/mol. The number of thioether (sulfide) groups is 1. The van der Waals surface area contributed by atoms with Gasteiger partial charge in [-0.05, 0) is 52.7 Å². The molecular formula is C19H16BrN3OS. The largest absolute Gasteiger partial charge is 0.306 e. The number of nitrogens with one attached hydrogen (secondary N) is 1. The number of hydrogen-bond acceptors (Lipinski definition) is 3. The van der Waals surface area contributed by atoms with Crippen LogP contribution in [-0.4, -0.2) is 15.7 Å². The Labute approximate surface area is 158 Å². The first-order chi connectivity index (χ1) is 12.1. The second-order valence-electron chi connectivity index (χ2n) is 5.95. The molecule has 0 atom stereocenters. The maximum Gasteiger partial charge on any atom is 0.257 e. The van der Waals surface area contributed by atoms with Crippen LogP contribution in [0.3, 0.4) is 0 Å². The Morgan fingerprint density at radius 2 is 2.04 bits per heavy atom. The highest BCUT2D eigenvalue weighted by molar-refractivity contribution is 9.10. The van der Waals surface area contributed by atoms with E-state index in [1.54, 1.807) is 0 Å². The van der Waals surface area contributed by atoms with Crippen molar-refractivity contribution in [2.24, 2.45) is 0 Å². The van der Waals surface area contributed by atoms with Crippen LogP contribution in [0.5, 0.6) is 0 Å². The van der Waals surface area contributed by atoms with Crippen molar-refractivity contribution in [3.63, 3.8) is 0 Å². The number of amides is 1. The van der Waals surface area contributed by atoms with Gasteiger partial charge in [0.25, 0.3) is 5.91 Å². The molecule has 4 rings (SSSR count). The standard InChI is InChI=1S/C19H16BrN3OS/c1-12-5-4-6-13(9-12)23-18(15-10-25-11-17(15)22-23)21-19(24)14-7-2-3-8-16(14)20/h2-9H,10-11H2,1H3,(H,21,24). The van der Waals surface area contributed by atoms with Crippen molar-refractivity contribution in [1.29, 1.82) is 0 Å². The Balaban J connectivity index is 1.76. The zero-order valence-electron chi connectivity index (χ0n) is 13.6. The van der Waals surface area contributed by atoms with Gasteiger partial charge in [0.2, 0.25) is 0 Å². The fourth-order valence-corrected chi connectivity index (χ4v) is 4.41. The van der Waals surface area contributed by atoms with Crippen molar-refractivity contribution in [1.82, 2.24) is 9.78 Å². The van der Waals surface area contributed by atoms with E-state index in [2.05, 4.69) is 40.3 Å². The predicted molar refractivity (Wildman–Crippen MR) is 105 cm³/mol. The minimum absolute atomic E-state index is 0.138. The summed E-state index contributed by atoms with van der Waals surface area (Å²) >= 11 is 5.27. The zero-order chi connectivity index (χ0) is 17.4. The van der Waals surface area contributed by atoms with Crippen LogP contribution in [0, 0.1) is 6.92 Å². The molecule has 2 heterocycles. The van der Waals surface area contributed by atoms with E-state index < -0.39 is 0 Å². The van der Waals surface area contributed by atoms with Crippen LogP contribution in [0.15, 0.2) is 53.0 Å². The lowest BCUT2D eigenvalue weighted by Crippen LogP contribution is -2.16. The molecule has 0 bridgehead atoms. The molecule has 0 saturated carbocycles. The first kappa shape index (κ1) is 16.4. The number of benzene rings is 2. The van der Waals surface area contributed by atoms with Crippen LogP contribution >= 0.6 is 27.7 Å². The average Bonchev–Trinajstić information content (AvgIpc) is 3.18. The third-order valence-corrected chi connectivity index (χ3v) is 5.81. The highest BCUT2D eigenvalue weighted by Gasteiger charge is 2.25. The number of fused-ring (bicyclic) bond motifs is 1. The normalized spacial score (nSPS) is 12.9. The molecule has 4 nitrogen and oxygen atoms in total. The topological polar surface area (TPSA) is 46.9 Å².